The van der Waals surface area contributed by atoms with Crippen molar-refractivity contribution in [1.29, 1.82) is 0 Å². The van der Waals surface area contributed by atoms with E-state index in [1.807, 2.05) is 6.07 Å². The van der Waals surface area contributed by atoms with E-state index in [4.69, 9.17) is 9.47 Å². The van der Waals surface area contributed by atoms with Gasteiger partial charge >= 0.3 is 0 Å². The van der Waals surface area contributed by atoms with Crippen molar-refractivity contribution in [3.05, 3.63) is 36.0 Å². The summed E-state index contributed by atoms with van der Waals surface area (Å²) in [4.78, 5) is 20.0. The molecule has 2 aromatic rings. The Morgan fingerprint density at radius 2 is 2.38 bits per heavy atom. The van der Waals surface area contributed by atoms with Crippen molar-refractivity contribution in [3.63, 3.8) is 0 Å². The van der Waals surface area contributed by atoms with E-state index in [-0.39, 0.29) is 23.9 Å². The molecule has 2 N–H and O–H groups in total. The van der Waals surface area contributed by atoms with E-state index in [1.165, 1.54) is 6.33 Å². The lowest BCUT2D eigenvalue weighted by Gasteiger charge is -2.19. The molecule has 1 aliphatic rings. The van der Waals surface area contributed by atoms with Crippen molar-refractivity contribution in [2.75, 3.05) is 13.7 Å². The lowest BCUT2D eigenvalue weighted by atomic mass is 10.0. The predicted octanol–water partition coefficient (Wildman–Crippen LogP) is 0.468. The van der Waals surface area contributed by atoms with Crippen LogP contribution in [0.15, 0.2) is 24.7 Å². The van der Waals surface area contributed by atoms with Gasteiger partial charge in [0.25, 0.3) is 5.91 Å². The molecular formula is C13H15N5O3. The molecule has 0 saturated carbocycles. The van der Waals surface area contributed by atoms with Crippen LogP contribution in [0, 0.1) is 0 Å². The second kappa shape index (κ2) is 5.88. The summed E-state index contributed by atoms with van der Waals surface area (Å²) in [6, 6.07) is 3.53. The second-order valence-electron chi connectivity index (χ2n) is 4.63. The molecular weight excluding hydrogens is 274 g/mol. The molecule has 8 nitrogen and oxygen atoms in total. The summed E-state index contributed by atoms with van der Waals surface area (Å²) in [5.74, 6) is 0.432. The van der Waals surface area contributed by atoms with Gasteiger partial charge in [-0.3, -0.25) is 9.89 Å². The molecule has 1 saturated heterocycles. The maximum atomic E-state index is 12.0. The fourth-order valence-electron chi connectivity index (χ4n) is 2.30. The Bertz CT molecular complexity index is 599. The van der Waals surface area contributed by atoms with Crippen LogP contribution < -0.4 is 10.1 Å². The number of carbonyl (C=O) groups is 1. The number of amides is 1. The minimum absolute atomic E-state index is 0.127. The van der Waals surface area contributed by atoms with Crippen LogP contribution >= 0.6 is 0 Å². The zero-order valence-corrected chi connectivity index (χ0v) is 11.4. The first-order chi connectivity index (χ1) is 10.3. The van der Waals surface area contributed by atoms with Crippen LogP contribution in [0.4, 0.5) is 0 Å². The first-order valence-electron chi connectivity index (χ1n) is 6.55. The number of methoxy groups -OCH3 is 1. The molecule has 0 bridgehead atoms. The first kappa shape index (κ1) is 13.5. The Labute approximate surface area is 120 Å². The van der Waals surface area contributed by atoms with Crippen LogP contribution in [-0.2, 0) is 4.74 Å². The van der Waals surface area contributed by atoms with Gasteiger partial charge in [-0.1, -0.05) is 0 Å². The highest BCUT2D eigenvalue weighted by atomic mass is 16.5. The van der Waals surface area contributed by atoms with Gasteiger partial charge < -0.3 is 14.8 Å². The van der Waals surface area contributed by atoms with Crippen LogP contribution in [0.5, 0.6) is 5.88 Å². The van der Waals surface area contributed by atoms with E-state index >= 15 is 0 Å². The largest absolute Gasteiger partial charge is 0.481 e. The Kier molecular flexibility index (Phi) is 3.78. The molecule has 110 valence electrons. The molecule has 3 heterocycles. The predicted molar refractivity (Wildman–Crippen MR) is 71.7 cm³/mol. The molecule has 8 heteroatoms. The number of H-pyrrole nitrogens is 1. The van der Waals surface area contributed by atoms with E-state index in [2.05, 4.69) is 25.5 Å². The number of aromatic nitrogens is 4. The Hall–Kier alpha value is -2.48. The highest BCUT2D eigenvalue weighted by Crippen LogP contribution is 2.29. The van der Waals surface area contributed by atoms with Crippen molar-refractivity contribution in [2.24, 2.45) is 0 Å². The van der Waals surface area contributed by atoms with Crippen molar-refractivity contribution < 1.29 is 14.3 Å². The third-order valence-corrected chi connectivity index (χ3v) is 3.34. The molecule has 2 atom stereocenters. The van der Waals surface area contributed by atoms with Gasteiger partial charge in [-0.05, 0) is 12.5 Å². The number of carbonyl (C=O) groups excluding carboxylic acids is 1. The highest BCUT2D eigenvalue weighted by Gasteiger charge is 2.31. The molecule has 2 aromatic heterocycles. The average molecular weight is 289 g/mol. The molecule has 21 heavy (non-hydrogen) atoms. The average Bonchev–Trinajstić information content (AvgIpc) is 3.19. The standard InChI is InChI=1S/C13H15N5O3/c1-20-10-3-2-8(6-14-10)11-9(4-5-21-11)17-13(19)12-15-7-16-18-12/h2-3,6-7,9,11H,4-5H2,1H3,(H,17,19)(H,15,16,18)/t9-,11+/m0/s1. The van der Waals surface area contributed by atoms with Gasteiger partial charge in [0.15, 0.2) is 0 Å². The molecule has 0 aliphatic carbocycles. The molecule has 0 spiro atoms. The summed E-state index contributed by atoms with van der Waals surface area (Å²) in [6.45, 7) is 0.581. The molecule has 0 radical (unpaired) electrons. The Balaban J connectivity index is 1.71. The summed E-state index contributed by atoms with van der Waals surface area (Å²) in [5, 5.41) is 9.10. The number of hydrogen-bond donors (Lipinski definition) is 2. The van der Waals surface area contributed by atoms with Gasteiger partial charge in [0, 0.05) is 24.4 Å². The van der Waals surface area contributed by atoms with Crippen molar-refractivity contribution in [3.8, 4) is 5.88 Å². The molecule has 1 aliphatic heterocycles. The third kappa shape index (κ3) is 2.84. The summed E-state index contributed by atoms with van der Waals surface area (Å²) in [6.07, 6.45) is 3.50. The van der Waals surface area contributed by atoms with Crippen LogP contribution in [0.3, 0.4) is 0 Å². The van der Waals surface area contributed by atoms with Crippen LogP contribution in [0.2, 0.25) is 0 Å². The number of nitrogens with zero attached hydrogens (tertiary/aromatic N) is 3. The summed E-state index contributed by atoms with van der Waals surface area (Å²) in [7, 11) is 1.56. The lowest BCUT2D eigenvalue weighted by molar-refractivity contribution is 0.0813. The topological polar surface area (TPSA) is 102 Å². The number of ether oxygens (including phenoxy) is 2. The lowest BCUT2D eigenvalue weighted by Crippen LogP contribution is -2.37. The smallest absolute Gasteiger partial charge is 0.288 e. The zero-order chi connectivity index (χ0) is 14.7. The van der Waals surface area contributed by atoms with Gasteiger partial charge in [-0.25, -0.2) is 9.97 Å². The first-order valence-corrected chi connectivity index (χ1v) is 6.55. The molecule has 1 fully saturated rings. The number of pyridine rings is 1. The number of aromatic amines is 1. The zero-order valence-electron chi connectivity index (χ0n) is 11.4. The summed E-state index contributed by atoms with van der Waals surface area (Å²) >= 11 is 0. The molecule has 1 amide bonds. The van der Waals surface area contributed by atoms with E-state index in [9.17, 15) is 4.79 Å². The minimum Gasteiger partial charge on any atom is -0.481 e. The fraction of sp³-hybridized carbons (Fsp3) is 0.385. The van der Waals surface area contributed by atoms with Crippen LogP contribution in [0.25, 0.3) is 0 Å². The fourth-order valence-corrected chi connectivity index (χ4v) is 2.30. The van der Waals surface area contributed by atoms with Gasteiger partial charge in [-0.2, -0.15) is 5.10 Å². The highest BCUT2D eigenvalue weighted by molar-refractivity contribution is 5.90. The van der Waals surface area contributed by atoms with Gasteiger partial charge in [-0.15, -0.1) is 0 Å². The van der Waals surface area contributed by atoms with Gasteiger partial charge in [0.05, 0.1) is 13.2 Å². The third-order valence-electron chi connectivity index (χ3n) is 3.34. The van der Waals surface area contributed by atoms with E-state index < -0.39 is 0 Å². The summed E-state index contributed by atoms with van der Waals surface area (Å²) < 4.78 is 10.7. The molecule has 0 aromatic carbocycles. The van der Waals surface area contributed by atoms with E-state index in [0.29, 0.717) is 12.5 Å². The van der Waals surface area contributed by atoms with E-state index in [1.54, 1.807) is 19.4 Å². The maximum Gasteiger partial charge on any atom is 0.288 e. The number of rotatable bonds is 4. The van der Waals surface area contributed by atoms with Gasteiger partial charge in [0.2, 0.25) is 11.7 Å². The Morgan fingerprint density at radius 1 is 1.48 bits per heavy atom. The monoisotopic (exact) mass is 289 g/mol. The number of nitrogens with one attached hydrogen (secondary N) is 2. The van der Waals surface area contributed by atoms with E-state index in [0.717, 1.165) is 12.0 Å². The van der Waals surface area contributed by atoms with Crippen molar-refractivity contribution in [1.82, 2.24) is 25.5 Å². The summed E-state index contributed by atoms with van der Waals surface area (Å²) in [5.41, 5.74) is 0.899. The van der Waals surface area contributed by atoms with Gasteiger partial charge in [0.1, 0.15) is 12.4 Å². The second-order valence-corrected chi connectivity index (χ2v) is 4.63. The normalized spacial score (nSPS) is 21.2. The van der Waals surface area contributed by atoms with Crippen molar-refractivity contribution in [2.45, 2.75) is 18.6 Å². The van der Waals surface area contributed by atoms with Crippen molar-refractivity contribution >= 4 is 5.91 Å². The molecule has 0 unspecified atom stereocenters. The quantitative estimate of drug-likeness (QED) is 0.848. The minimum atomic E-state index is -0.297. The maximum absolute atomic E-state index is 12.0. The Morgan fingerprint density at radius 3 is 3.05 bits per heavy atom. The van der Waals surface area contributed by atoms with Crippen LogP contribution in [-0.4, -0.2) is 45.8 Å². The van der Waals surface area contributed by atoms with Crippen LogP contribution in [0.1, 0.15) is 28.7 Å². The number of hydrogen-bond acceptors (Lipinski definition) is 6. The molecule has 3 rings (SSSR count). The SMILES string of the molecule is COc1ccc([C@H]2OCC[C@@H]2NC(=O)c2ncn[nH]2)cn1.